The molecule has 4 aromatic rings. The summed E-state index contributed by atoms with van der Waals surface area (Å²) in [4.78, 5) is 36.0. The molecular weight excluding hydrogens is 590 g/mol. The van der Waals surface area contributed by atoms with Gasteiger partial charge in [0.05, 0.1) is 33.7 Å². The second-order valence-corrected chi connectivity index (χ2v) is 13.9. The van der Waals surface area contributed by atoms with E-state index in [2.05, 4.69) is 29.7 Å². The number of nitrogens with zero attached hydrogens (tertiary/aromatic N) is 4. The molecule has 1 saturated heterocycles. The molecule has 1 fully saturated rings. The Bertz CT molecular complexity index is 1740. The number of carbonyl (C=O) groups is 2. The van der Waals surface area contributed by atoms with E-state index in [9.17, 15) is 18.0 Å². The average molecular weight is 624 g/mol. The van der Waals surface area contributed by atoms with Crippen LogP contribution >= 0.6 is 11.5 Å². The molecule has 1 aliphatic rings. The third-order valence-corrected chi connectivity index (χ3v) is 9.44. The highest BCUT2D eigenvalue weighted by Gasteiger charge is 2.33. The fraction of sp³-hybridized carbons (Fsp3) is 0.345. The van der Waals surface area contributed by atoms with Crippen LogP contribution in [0.1, 0.15) is 49.7 Å². The number of sulfonamides is 1. The lowest BCUT2D eigenvalue weighted by molar-refractivity contribution is 0.0217. The quantitative estimate of drug-likeness (QED) is 0.241. The minimum atomic E-state index is -3.69. The predicted octanol–water partition coefficient (Wildman–Crippen LogP) is 5.53. The molecule has 226 valence electrons. The van der Waals surface area contributed by atoms with Crippen LogP contribution in [0.25, 0.3) is 11.0 Å². The molecule has 0 radical (unpaired) electrons. The summed E-state index contributed by atoms with van der Waals surface area (Å²) in [5.74, 6) is 0.121. The summed E-state index contributed by atoms with van der Waals surface area (Å²) in [6.07, 6.45) is 1.77. The first-order valence-electron chi connectivity index (χ1n) is 13.7. The molecule has 0 saturated carbocycles. The lowest BCUT2D eigenvalue weighted by atomic mass is 10.1. The van der Waals surface area contributed by atoms with Crippen molar-refractivity contribution in [2.75, 3.05) is 28.4 Å². The number of anilines is 4. The summed E-state index contributed by atoms with van der Waals surface area (Å²) in [7, 11) is -3.69. The summed E-state index contributed by atoms with van der Waals surface area (Å²) < 4.78 is 38.4. The zero-order valence-electron chi connectivity index (χ0n) is 24.2. The summed E-state index contributed by atoms with van der Waals surface area (Å²) in [6.45, 7) is 7.72. The maximum absolute atomic E-state index is 13.2. The van der Waals surface area contributed by atoms with Crippen LogP contribution in [-0.4, -0.2) is 63.6 Å². The van der Waals surface area contributed by atoms with E-state index in [1.54, 1.807) is 58.2 Å². The fourth-order valence-electron chi connectivity index (χ4n) is 4.59. The number of ether oxygens (including phenoxy) is 1. The molecule has 0 atom stereocenters. The minimum Gasteiger partial charge on any atom is -0.444 e. The predicted molar refractivity (Wildman–Crippen MR) is 167 cm³/mol. The topological polar surface area (TPSA) is 156 Å². The Kier molecular flexibility index (Phi) is 8.51. The van der Waals surface area contributed by atoms with Gasteiger partial charge in [0, 0.05) is 24.5 Å². The number of benzene rings is 2. The number of piperidine rings is 1. The average Bonchev–Trinajstić information content (AvgIpc) is 3.32. The number of rotatable bonds is 7. The molecule has 43 heavy (non-hydrogen) atoms. The highest BCUT2D eigenvalue weighted by atomic mass is 32.2. The van der Waals surface area contributed by atoms with Gasteiger partial charge in [-0.25, -0.2) is 18.2 Å². The first-order chi connectivity index (χ1) is 20.4. The second kappa shape index (κ2) is 12.1. The third kappa shape index (κ3) is 7.38. The number of fused-ring (bicyclic) bond motifs is 1. The summed E-state index contributed by atoms with van der Waals surface area (Å²) in [6, 6.07) is 13.9. The Hall–Kier alpha value is -4.30. The highest BCUT2D eigenvalue weighted by molar-refractivity contribution is 7.93. The molecule has 2 aromatic carbocycles. The normalized spacial score (nSPS) is 14.4. The fourth-order valence-corrected chi connectivity index (χ4v) is 6.86. The number of carbonyl (C=O) groups excluding carboxylic acids is 2. The number of likely N-dealkylation sites (tertiary alicyclic amines) is 1. The van der Waals surface area contributed by atoms with Gasteiger partial charge in [-0.3, -0.25) is 14.5 Å². The molecule has 0 spiro atoms. The minimum absolute atomic E-state index is 0.298. The van der Waals surface area contributed by atoms with E-state index in [-0.39, 0.29) is 5.91 Å². The van der Waals surface area contributed by atoms with Crippen molar-refractivity contribution in [3.05, 3.63) is 66.0 Å². The van der Waals surface area contributed by atoms with Crippen molar-refractivity contribution in [2.24, 2.45) is 0 Å². The molecule has 0 bridgehead atoms. The van der Waals surface area contributed by atoms with Gasteiger partial charge in [-0.15, -0.1) is 0 Å². The maximum Gasteiger partial charge on any atom is 0.410 e. The molecule has 3 N–H and O–H groups in total. The molecule has 3 heterocycles. The van der Waals surface area contributed by atoms with E-state index < -0.39 is 27.0 Å². The number of amides is 2. The SMILES string of the molecule is Cc1nsc(Nc2cnc3ccccc3n2)c1C(=O)Nc1ccc(NS(=O)(=O)C2CCN(C(=O)OC(C)(C)C)CC2)cc1. The molecule has 14 heteroatoms. The molecule has 2 aromatic heterocycles. The Morgan fingerprint density at radius 1 is 1.00 bits per heavy atom. The number of hydrogen-bond acceptors (Lipinski definition) is 10. The van der Waals surface area contributed by atoms with Crippen LogP contribution in [0.4, 0.5) is 27.0 Å². The van der Waals surface area contributed by atoms with Crippen LogP contribution in [0.5, 0.6) is 0 Å². The van der Waals surface area contributed by atoms with Gasteiger partial charge in [-0.2, -0.15) is 4.37 Å². The Labute approximate surface area is 254 Å². The van der Waals surface area contributed by atoms with Gasteiger partial charge in [0.1, 0.15) is 16.4 Å². The lowest BCUT2D eigenvalue weighted by Crippen LogP contribution is -2.45. The van der Waals surface area contributed by atoms with Gasteiger partial charge in [0.2, 0.25) is 10.0 Å². The number of nitrogens with one attached hydrogen (secondary N) is 3. The lowest BCUT2D eigenvalue weighted by Gasteiger charge is -2.33. The van der Waals surface area contributed by atoms with Crippen molar-refractivity contribution in [3.8, 4) is 0 Å². The molecule has 5 rings (SSSR count). The van der Waals surface area contributed by atoms with Crippen LogP contribution in [0.15, 0.2) is 54.7 Å². The van der Waals surface area contributed by atoms with E-state index in [1.165, 1.54) is 4.90 Å². The van der Waals surface area contributed by atoms with E-state index in [0.29, 0.717) is 59.4 Å². The van der Waals surface area contributed by atoms with Crippen LogP contribution < -0.4 is 15.4 Å². The zero-order valence-corrected chi connectivity index (χ0v) is 25.9. The molecule has 0 unspecified atom stereocenters. The Morgan fingerprint density at radius 2 is 1.65 bits per heavy atom. The summed E-state index contributed by atoms with van der Waals surface area (Å²) >= 11 is 1.15. The molecule has 2 amide bonds. The van der Waals surface area contributed by atoms with E-state index >= 15 is 0 Å². The Balaban J connectivity index is 1.19. The van der Waals surface area contributed by atoms with Gasteiger partial charge in [-0.1, -0.05) is 12.1 Å². The van der Waals surface area contributed by atoms with Crippen LogP contribution in [0.3, 0.4) is 0 Å². The van der Waals surface area contributed by atoms with Crippen molar-refractivity contribution in [1.29, 1.82) is 0 Å². The number of para-hydroxylation sites is 2. The van der Waals surface area contributed by atoms with Crippen molar-refractivity contribution in [2.45, 2.75) is 51.4 Å². The number of hydrogen-bond donors (Lipinski definition) is 3. The van der Waals surface area contributed by atoms with Gasteiger partial charge in [0.25, 0.3) is 5.91 Å². The van der Waals surface area contributed by atoms with Gasteiger partial charge in [-0.05, 0) is 88.5 Å². The molecular formula is C29H33N7O5S2. The van der Waals surface area contributed by atoms with Crippen molar-refractivity contribution < 1.29 is 22.7 Å². The van der Waals surface area contributed by atoms with Gasteiger partial charge in [0.15, 0.2) is 0 Å². The Morgan fingerprint density at radius 3 is 2.33 bits per heavy atom. The molecule has 12 nitrogen and oxygen atoms in total. The van der Waals surface area contributed by atoms with Crippen molar-refractivity contribution >= 4 is 66.8 Å². The third-order valence-electron chi connectivity index (χ3n) is 6.72. The van der Waals surface area contributed by atoms with Crippen LogP contribution in [-0.2, 0) is 14.8 Å². The zero-order chi connectivity index (χ0) is 30.8. The monoisotopic (exact) mass is 623 g/mol. The van der Waals surface area contributed by atoms with Crippen LogP contribution in [0, 0.1) is 6.92 Å². The number of aryl methyl sites for hydroxylation is 1. The molecule has 1 aliphatic heterocycles. The first-order valence-corrected chi connectivity index (χ1v) is 16.1. The number of aromatic nitrogens is 3. The van der Waals surface area contributed by atoms with Crippen LogP contribution in [0.2, 0.25) is 0 Å². The smallest absolute Gasteiger partial charge is 0.410 e. The molecule has 0 aliphatic carbocycles. The van der Waals surface area contributed by atoms with E-state index in [0.717, 1.165) is 22.6 Å². The first kappa shape index (κ1) is 30.2. The van der Waals surface area contributed by atoms with E-state index in [1.807, 2.05) is 24.3 Å². The largest absolute Gasteiger partial charge is 0.444 e. The van der Waals surface area contributed by atoms with Crippen molar-refractivity contribution in [3.63, 3.8) is 0 Å². The van der Waals surface area contributed by atoms with Gasteiger partial charge < -0.3 is 20.3 Å². The summed E-state index contributed by atoms with van der Waals surface area (Å²) in [5.41, 5.74) is 2.67. The maximum atomic E-state index is 13.2. The summed E-state index contributed by atoms with van der Waals surface area (Å²) in [5, 5.41) is 5.89. The van der Waals surface area contributed by atoms with E-state index in [4.69, 9.17) is 4.74 Å². The highest BCUT2D eigenvalue weighted by Crippen LogP contribution is 2.29. The standard InChI is InChI=1S/C29H33N7O5S2/c1-18-25(27(42-34-18)33-24-17-30-22-7-5-6-8-23(22)32-24)26(37)31-19-9-11-20(12-10-19)35-43(39,40)21-13-15-36(16-14-21)28(38)41-29(2,3)4/h5-12,17,21,35H,13-16H2,1-4H3,(H,31,37)(H,32,33). The van der Waals surface area contributed by atoms with Crippen molar-refractivity contribution in [1.82, 2.24) is 19.2 Å². The van der Waals surface area contributed by atoms with Gasteiger partial charge >= 0.3 is 6.09 Å². The second-order valence-electron chi connectivity index (χ2n) is 11.2.